The van der Waals surface area contributed by atoms with E-state index < -0.39 is 0 Å². The molecule has 0 amide bonds. The van der Waals surface area contributed by atoms with Gasteiger partial charge in [-0.25, -0.2) is 0 Å². The Morgan fingerprint density at radius 3 is 2.27 bits per heavy atom. The lowest BCUT2D eigenvalue weighted by molar-refractivity contribution is 0.294. The van der Waals surface area contributed by atoms with Crippen LogP contribution in [0.1, 0.15) is 20.8 Å². The molecular formula is C13H20S2. The summed E-state index contributed by atoms with van der Waals surface area (Å²) in [6, 6.07) is 10.6. The van der Waals surface area contributed by atoms with Crippen molar-refractivity contribution < 1.29 is 0 Å². The van der Waals surface area contributed by atoms with E-state index in [9.17, 15) is 0 Å². The van der Waals surface area contributed by atoms with Gasteiger partial charge >= 0.3 is 0 Å². The van der Waals surface area contributed by atoms with Crippen molar-refractivity contribution in [2.24, 2.45) is 11.3 Å². The van der Waals surface area contributed by atoms with E-state index in [0.29, 0.717) is 11.3 Å². The summed E-state index contributed by atoms with van der Waals surface area (Å²) < 4.78 is 0. The van der Waals surface area contributed by atoms with Gasteiger partial charge in [0.05, 0.1) is 0 Å². The highest BCUT2D eigenvalue weighted by atomic mass is 32.2. The summed E-state index contributed by atoms with van der Waals surface area (Å²) >= 11 is 6.37. The standard InChI is InChI=1S/C13H20S2/c1-13(2,3)11(9-14)10-15-12-7-5-4-6-8-12/h4-8,11,14H,9-10H2,1-3H3. The molecular weight excluding hydrogens is 220 g/mol. The van der Waals surface area contributed by atoms with Crippen LogP contribution in [0.5, 0.6) is 0 Å². The molecule has 0 aliphatic rings. The van der Waals surface area contributed by atoms with Gasteiger partial charge in [0.25, 0.3) is 0 Å². The minimum Gasteiger partial charge on any atom is -0.179 e. The Kier molecular flexibility index (Phi) is 5.07. The van der Waals surface area contributed by atoms with Crippen molar-refractivity contribution in [2.45, 2.75) is 25.7 Å². The lowest BCUT2D eigenvalue weighted by Crippen LogP contribution is -2.24. The number of hydrogen-bond donors (Lipinski definition) is 1. The quantitative estimate of drug-likeness (QED) is 0.602. The SMILES string of the molecule is CC(C)(C)C(CS)CSc1ccccc1. The predicted molar refractivity (Wildman–Crippen MR) is 74.0 cm³/mol. The van der Waals surface area contributed by atoms with E-state index in [4.69, 9.17) is 0 Å². The molecule has 0 aromatic heterocycles. The molecule has 1 unspecified atom stereocenters. The van der Waals surface area contributed by atoms with Crippen LogP contribution in [0.3, 0.4) is 0 Å². The summed E-state index contributed by atoms with van der Waals surface area (Å²) in [5.74, 6) is 2.77. The Hall–Kier alpha value is -0.0800. The molecule has 2 heteroatoms. The molecule has 1 rings (SSSR count). The lowest BCUT2D eigenvalue weighted by atomic mass is 9.83. The third-order valence-electron chi connectivity index (χ3n) is 2.64. The van der Waals surface area contributed by atoms with Gasteiger partial charge in [-0.05, 0) is 29.2 Å². The fraction of sp³-hybridized carbons (Fsp3) is 0.538. The predicted octanol–water partition coefficient (Wildman–Crippen LogP) is 4.37. The molecule has 15 heavy (non-hydrogen) atoms. The Morgan fingerprint density at radius 2 is 1.80 bits per heavy atom. The summed E-state index contributed by atoms with van der Waals surface area (Å²) in [6.45, 7) is 6.87. The molecule has 1 aromatic rings. The fourth-order valence-corrected chi connectivity index (χ4v) is 3.50. The highest BCUT2D eigenvalue weighted by Gasteiger charge is 2.23. The van der Waals surface area contributed by atoms with Crippen LogP contribution in [-0.2, 0) is 0 Å². The molecule has 1 atom stereocenters. The molecule has 0 fully saturated rings. The van der Waals surface area contributed by atoms with E-state index >= 15 is 0 Å². The second-order valence-corrected chi connectivity index (χ2v) is 6.33. The number of hydrogen-bond acceptors (Lipinski definition) is 2. The van der Waals surface area contributed by atoms with Gasteiger partial charge in [-0.3, -0.25) is 0 Å². The van der Waals surface area contributed by atoms with E-state index in [0.717, 1.165) is 11.5 Å². The van der Waals surface area contributed by atoms with E-state index in [1.807, 2.05) is 11.8 Å². The zero-order chi connectivity index (χ0) is 11.3. The third-order valence-corrected chi connectivity index (χ3v) is 4.25. The Bertz CT molecular complexity index is 274. The number of thiol groups is 1. The summed E-state index contributed by atoms with van der Waals surface area (Å²) in [7, 11) is 0. The fourth-order valence-electron chi connectivity index (χ4n) is 1.29. The van der Waals surface area contributed by atoms with Crippen LogP contribution in [-0.4, -0.2) is 11.5 Å². The average molecular weight is 240 g/mol. The molecule has 0 saturated heterocycles. The normalized spacial score (nSPS) is 13.9. The van der Waals surface area contributed by atoms with Crippen LogP contribution in [0.25, 0.3) is 0 Å². The van der Waals surface area contributed by atoms with Crippen LogP contribution >= 0.6 is 24.4 Å². The Labute approximate surface area is 103 Å². The molecule has 84 valence electrons. The summed E-state index contributed by atoms with van der Waals surface area (Å²) in [4.78, 5) is 1.36. The number of rotatable bonds is 4. The minimum atomic E-state index is 0.351. The Morgan fingerprint density at radius 1 is 1.20 bits per heavy atom. The van der Waals surface area contributed by atoms with Gasteiger partial charge in [-0.1, -0.05) is 39.0 Å². The minimum absolute atomic E-state index is 0.351. The second kappa shape index (κ2) is 5.86. The van der Waals surface area contributed by atoms with Gasteiger partial charge in [0.1, 0.15) is 0 Å². The van der Waals surface area contributed by atoms with Crippen LogP contribution in [0, 0.1) is 11.3 Å². The van der Waals surface area contributed by atoms with Gasteiger partial charge < -0.3 is 0 Å². The molecule has 0 heterocycles. The van der Waals surface area contributed by atoms with Crippen LogP contribution in [0.15, 0.2) is 35.2 Å². The van der Waals surface area contributed by atoms with Crippen LogP contribution < -0.4 is 0 Å². The molecule has 0 nitrogen and oxygen atoms in total. The first-order valence-electron chi connectivity index (χ1n) is 5.32. The van der Waals surface area contributed by atoms with Crippen molar-refractivity contribution in [1.29, 1.82) is 0 Å². The topological polar surface area (TPSA) is 0 Å². The van der Waals surface area contributed by atoms with Gasteiger partial charge in [0.2, 0.25) is 0 Å². The highest BCUT2D eigenvalue weighted by molar-refractivity contribution is 7.99. The van der Waals surface area contributed by atoms with Crippen molar-refractivity contribution in [3.8, 4) is 0 Å². The molecule has 0 N–H and O–H groups in total. The van der Waals surface area contributed by atoms with E-state index in [-0.39, 0.29) is 0 Å². The maximum absolute atomic E-state index is 4.44. The first-order valence-corrected chi connectivity index (χ1v) is 6.94. The molecule has 0 radical (unpaired) electrons. The maximum atomic E-state index is 4.44. The van der Waals surface area contributed by atoms with Gasteiger partial charge in [-0.2, -0.15) is 12.6 Å². The first-order chi connectivity index (χ1) is 7.04. The smallest absolute Gasteiger partial charge is 0.00720 e. The molecule has 0 spiro atoms. The van der Waals surface area contributed by atoms with E-state index in [1.165, 1.54) is 4.90 Å². The molecule has 0 aliphatic carbocycles. The van der Waals surface area contributed by atoms with Crippen molar-refractivity contribution in [3.05, 3.63) is 30.3 Å². The molecule has 1 aromatic carbocycles. The van der Waals surface area contributed by atoms with Crippen molar-refractivity contribution in [1.82, 2.24) is 0 Å². The van der Waals surface area contributed by atoms with Crippen molar-refractivity contribution in [2.75, 3.05) is 11.5 Å². The monoisotopic (exact) mass is 240 g/mol. The van der Waals surface area contributed by atoms with Crippen LogP contribution in [0.4, 0.5) is 0 Å². The summed E-state index contributed by atoms with van der Waals surface area (Å²) in [5, 5.41) is 0. The number of thioether (sulfide) groups is 1. The van der Waals surface area contributed by atoms with E-state index in [2.05, 4.69) is 63.7 Å². The van der Waals surface area contributed by atoms with Crippen molar-refractivity contribution >= 4 is 24.4 Å². The van der Waals surface area contributed by atoms with Gasteiger partial charge in [-0.15, -0.1) is 11.8 Å². The van der Waals surface area contributed by atoms with Gasteiger partial charge in [0.15, 0.2) is 0 Å². The van der Waals surface area contributed by atoms with E-state index in [1.54, 1.807) is 0 Å². The lowest BCUT2D eigenvalue weighted by Gasteiger charge is -2.29. The first kappa shape index (κ1) is 13.0. The molecule has 0 saturated carbocycles. The van der Waals surface area contributed by atoms with Gasteiger partial charge in [0, 0.05) is 10.6 Å². The molecule has 0 bridgehead atoms. The molecule has 0 aliphatic heterocycles. The largest absolute Gasteiger partial charge is 0.179 e. The highest BCUT2D eigenvalue weighted by Crippen LogP contribution is 2.32. The maximum Gasteiger partial charge on any atom is 0.00720 e. The number of benzene rings is 1. The summed E-state index contributed by atoms with van der Waals surface area (Å²) in [6.07, 6.45) is 0. The average Bonchev–Trinajstić information content (AvgIpc) is 2.18. The Balaban J connectivity index is 2.49. The van der Waals surface area contributed by atoms with Crippen molar-refractivity contribution in [3.63, 3.8) is 0 Å². The zero-order valence-electron chi connectivity index (χ0n) is 9.73. The third kappa shape index (κ3) is 4.52. The zero-order valence-corrected chi connectivity index (χ0v) is 11.4. The van der Waals surface area contributed by atoms with Crippen LogP contribution in [0.2, 0.25) is 0 Å². The second-order valence-electron chi connectivity index (χ2n) is 4.87. The summed E-state index contributed by atoms with van der Waals surface area (Å²) in [5.41, 5.74) is 0.351.